The van der Waals surface area contributed by atoms with Gasteiger partial charge in [-0.3, -0.25) is 4.79 Å². The molecule has 1 aliphatic rings. The number of amides is 1. The molecule has 0 bridgehead atoms. The van der Waals surface area contributed by atoms with E-state index in [-0.39, 0.29) is 29.1 Å². The number of nitriles is 1. The minimum atomic E-state index is -1.11. The number of hydrogen-bond acceptors (Lipinski definition) is 5. The fraction of sp³-hybridized carbons (Fsp3) is 0.105. The topological polar surface area (TPSA) is 131 Å². The van der Waals surface area contributed by atoms with Gasteiger partial charge in [0, 0.05) is 5.69 Å². The first-order chi connectivity index (χ1) is 13.2. The van der Waals surface area contributed by atoms with E-state index in [9.17, 15) is 14.4 Å². The van der Waals surface area contributed by atoms with Crippen LogP contribution in [-0.4, -0.2) is 39.7 Å². The Morgan fingerprint density at radius 1 is 1.11 bits per heavy atom. The molecular formula is C19H15N3O5S. The summed E-state index contributed by atoms with van der Waals surface area (Å²) < 4.78 is 0. The average Bonchev–Trinajstić information content (AvgIpc) is 3.00. The van der Waals surface area contributed by atoms with Crippen LogP contribution >= 0.6 is 12.2 Å². The summed E-state index contributed by atoms with van der Waals surface area (Å²) in [6.07, 6.45) is 0. The lowest BCUT2D eigenvalue weighted by atomic mass is 10.0. The number of thiocarbonyl (C=S) groups is 1. The van der Waals surface area contributed by atoms with E-state index in [4.69, 9.17) is 27.7 Å². The van der Waals surface area contributed by atoms with Crippen molar-refractivity contribution in [2.24, 2.45) is 0 Å². The number of nitrogens with zero attached hydrogens (tertiary/aromatic N) is 2. The lowest BCUT2D eigenvalue weighted by Gasteiger charge is -2.14. The SMILES string of the molecule is Cc1c(C(=O)O)cccc1C(=O)O.N#Cc1ccc(N2CC(=O)NC2=S)cc1. The number of anilines is 1. The molecule has 1 amide bonds. The van der Waals surface area contributed by atoms with Crippen molar-refractivity contribution in [1.82, 2.24) is 5.32 Å². The lowest BCUT2D eigenvalue weighted by molar-refractivity contribution is -0.117. The average molecular weight is 397 g/mol. The molecule has 2 aromatic rings. The van der Waals surface area contributed by atoms with Crippen molar-refractivity contribution in [2.75, 3.05) is 11.4 Å². The van der Waals surface area contributed by atoms with Crippen molar-refractivity contribution in [2.45, 2.75) is 6.92 Å². The van der Waals surface area contributed by atoms with Crippen LogP contribution in [0.1, 0.15) is 31.8 Å². The number of benzene rings is 2. The Morgan fingerprint density at radius 2 is 1.64 bits per heavy atom. The molecule has 1 saturated heterocycles. The summed E-state index contributed by atoms with van der Waals surface area (Å²) in [6.45, 7) is 1.72. The molecule has 0 saturated carbocycles. The first-order valence-corrected chi connectivity index (χ1v) is 8.33. The van der Waals surface area contributed by atoms with Gasteiger partial charge in [-0.1, -0.05) is 6.07 Å². The summed E-state index contributed by atoms with van der Waals surface area (Å²) in [6, 6.07) is 13.1. The molecule has 0 aliphatic carbocycles. The quantitative estimate of drug-likeness (QED) is 0.672. The molecule has 0 radical (unpaired) electrons. The number of nitrogens with one attached hydrogen (secondary N) is 1. The summed E-state index contributed by atoms with van der Waals surface area (Å²) >= 11 is 4.99. The van der Waals surface area contributed by atoms with Gasteiger partial charge in [0.25, 0.3) is 0 Å². The molecule has 0 aromatic heterocycles. The molecule has 1 fully saturated rings. The maximum atomic E-state index is 11.1. The smallest absolute Gasteiger partial charge is 0.335 e. The maximum Gasteiger partial charge on any atom is 0.335 e. The minimum absolute atomic E-state index is 0.0277. The van der Waals surface area contributed by atoms with Crippen molar-refractivity contribution in [3.63, 3.8) is 0 Å². The van der Waals surface area contributed by atoms with Gasteiger partial charge < -0.3 is 20.4 Å². The summed E-state index contributed by atoms with van der Waals surface area (Å²) in [5.41, 5.74) is 1.74. The Balaban J connectivity index is 0.000000203. The lowest BCUT2D eigenvalue weighted by Crippen LogP contribution is -2.27. The van der Waals surface area contributed by atoms with Gasteiger partial charge in [-0.25, -0.2) is 9.59 Å². The van der Waals surface area contributed by atoms with Crippen molar-refractivity contribution in [3.05, 3.63) is 64.7 Å². The standard InChI is InChI=1S/C10H7N3OS.C9H8O4/c11-5-7-1-3-8(4-2-7)13-6-9(14)12-10(13)15;1-5-6(8(10)11)3-2-4-7(5)9(12)13/h1-4H,6H2,(H,12,14,15);2-4H,1H3,(H,10,11)(H,12,13). The van der Waals surface area contributed by atoms with Gasteiger partial charge in [-0.15, -0.1) is 0 Å². The van der Waals surface area contributed by atoms with Crippen LogP contribution in [-0.2, 0) is 4.79 Å². The van der Waals surface area contributed by atoms with Crippen LogP contribution in [0, 0.1) is 18.3 Å². The number of aromatic carboxylic acids is 2. The van der Waals surface area contributed by atoms with E-state index in [1.807, 2.05) is 6.07 Å². The van der Waals surface area contributed by atoms with Crippen LogP contribution in [0.25, 0.3) is 0 Å². The fourth-order valence-electron chi connectivity index (χ4n) is 2.47. The van der Waals surface area contributed by atoms with Crippen LogP contribution in [0.3, 0.4) is 0 Å². The largest absolute Gasteiger partial charge is 0.478 e. The van der Waals surface area contributed by atoms with Crippen LogP contribution in [0.5, 0.6) is 0 Å². The van der Waals surface area contributed by atoms with Gasteiger partial charge in [-0.2, -0.15) is 5.26 Å². The van der Waals surface area contributed by atoms with Crippen molar-refractivity contribution in [3.8, 4) is 6.07 Å². The third kappa shape index (κ3) is 4.69. The van der Waals surface area contributed by atoms with E-state index in [0.717, 1.165) is 5.69 Å². The zero-order valence-electron chi connectivity index (χ0n) is 14.7. The first-order valence-electron chi connectivity index (χ1n) is 7.92. The summed E-state index contributed by atoms with van der Waals surface area (Å²) in [4.78, 5) is 34.0. The zero-order valence-corrected chi connectivity index (χ0v) is 15.5. The molecule has 0 spiro atoms. The fourth-order valence-corrected chi connectivity index (χ4v) is 2.75. The Labute approximate surface area is 165 Å². The molecule has 3 N–H and O–H groups in total. The molecule has 142 valence electrons. The number of carbonyl (C=O) groups is 3. The molecule has 9 heteroatoms. The van der Waals surface area contributed by atoms with Crippen LogP contribution in [0.15, 0.2) is 42.5 Å². The number of carboxylic acid groups (broad SMARTS) is 2. The Kier molecular flexibility index (Phi) is 6.42. The molecule has 1 heterocycles. The predicted molar refractivity (Wildman–Crippen MR) is 104 cm³/mol. The van der Waals surface area contributed by atoms with E-state index >= 15 is 0 Å². The van der Waals surface area contributed by atoms with Gasteiger partial charge >= 0.3 is 11.9 Å². The molecule has 3 rings (SSSR count). The van der Waals surface area contributed by atoms with Gasteiger partial charge in [0.1, 0.15) is 6.54 Å². The number of rotatable bonds is 3. The Morgan fingerprint density at radius 3 is 2.04 bits per heavy atom. The van der Waals surface area contributed by atoms with E-state index < -0.39 is 11.9 Å². The monoisotopic (exact) mass is 397 g/mol. The number of hydrogen-bond donors (Lipinski definition) is 3. The Bertz CT molecular complexity index is 963. The van der Waals surface area contributed by atoms with Gasteiger partial charge in [0.05, 0.1) is 22.8 Å². The molecule has 2 aromatic carbocycles. The number of carboxylic acids is 2. The summed E-state index contributed by atoms with van der Waals surface area (Å²) in [5, 5.41) is 28.9. The van der Waals surface area contributed by atoms with Crippen molar-refractivity contribution in [1.29, 1.82) is 5.26 Å². The van der Waals surface area contributed by atoms with E-state index in [0.29, 0.717) is 10.7 Å². The highest BCUT2D eigenvalue weighted by Crippen LogP contribution is 2.17. The second kappa shape index (κ2) is 8.75. The maximum absolute atomic E-state index is 11.1. The highest BCUT2D eigenvalue weighted by Gasteiger charge is 2.24. The minimum Gasteiger partial charge on any atom is -0.478 e. The van der Waals surface area contributed by atoms with Crippen molar-refractivity contribution < 1.29 is 24.6 Å². The number of carbonyl (C=O) groups excluding carboxylic acids is 1. The molecule has 8 nitrogen and oxygen atoms in total. The second-order valence-corrected chi connectivity index (χ2v) is 6.07. The first kappa shape index (κ1) is 20.5. The van der Waals surface area contributed by atoms with Gasteiger partial charge in [-0.05, 0) is 61.1 Å². The second-order valence-electron chi connectivity index (χ2n) is 5.69. The Hall–Kier alpha value is -3.77. The molecule has 0 unspecified atom stereocenters. The van der Waals surface area contributed by atoms with Crippen LogP contribution in [0.2, 0.25) is 0 Å². The van der Waals surface area contributed by atoms with Gasteiger partial charge in [0.15, 0.2) is 5.11 Å². The third-order valence-electron chi connectivity index (χ3n) is 3.90. The van der Waals surface area contributed by atoms with Crippen LogP contribution < -0.4 is 10.2 Å². The third-order valence-corrected chi connectivity index (χ3v) is 4.22. The molecular weight excluding hydrogens is 382 g/mol. The molecule has 0 atom stereocenters. The zero-order chi connectivity index (χ0) is 20.8. The molecule has 28 heavy (non-hydrogen) atoms. The van der Waals surface area contributed by atoms with E-state index in [1.54, 1.807) is 29.2 Å². The van der Waals surface area contributed by atoms with E-state index in [2.05, 4.69) is 5.32 Å². The highest BCUT2D eigenvalue weighted by atomic mass is 32.1. The van der Waals surface area contributed by atoms with Crippen molar-refractivity contribution >= 4 is 40.9 Å². The predicted octanol–water partition coefficient (Wildman–Crippen LogP) is 2.17. The normalized spacial score (nSPS) is 12.5. The van der Waals surface area contributed by atoms with Gasteiger partial charge in [0.2, 0.25) is 5.91 Å². The van der Waals surface area contributed by atoms with E-state index in [1.165, 1.54) is 25.1 Å². The highest BCUT2D eigenvalue weighted by molar-refractivity contribution is 7.80. The molecule has 1 aliphatic heterocycles. The summed E-state index contributed by atoms with van der Waals surface area (Å²) in [5.74, 6) is -2.33. The van der Waals surface area contributed by atoms with Crippen LogP contribution in [0.4, 0.5) is 5.69 Å². The summed E-state index contributed by atoms with van der Waals surface area (Å²) in [7, 11) is 0.